The molecule has 0 fully saturated rings. The highest BCUT2D eigenvalue weighted by Gasteiger charge is 2.16. The van der Waals surface area contributed by atoms with E-state index >= 15 is 0 Å². The summed E-state index contributed by atoms with van der Waals surface area (Å²) < 4.78 is 6.61. The summed E-state index contributed by atoms with van der Waals surface area (Å²) in [7, 11) is 1.74. The molecule has 0 heterocycles. The van der Waals surface area contributed by atoms with Crippen molar-refractivity contribution < 1.29 is 4.74 Å². The van der Waals surface area contributed by atoms with Crippen LogP contribution >= 0.6 is 15.9 Å². The molecule has 19 heavy (non-hydrogen) atoms. The van der Waals surface area contributed by atoms with Crippen molar-refractivity contribution in [2.75, 3.05) is 13.7 Å². The van der Waals surface area contributed by atoms with E-state index in [-0.39, 0.29) is 0 Å². The van der Waals surface area contributed by atoms with Crippen LogP contribution < -0.4 is 10.1 Å². The summed E-state index contributed by atoms with van der Waals surface area (Å²) in [5.74, 6) is 1.70. The molecule has 108 valence electrons. The van der Waals surface area contributed by atoms with Crippen molar-refractivity contribution in [3.05, 3.63) is 28.2 Å². The molecule has 3 heteroatoms. The third-order valence-corrected chi connectivity index (χ3v) is 3.73. The Morgan fingerprint density at radius 2 is 2.00 bits per heavy atom. The monoisotopic (exact) mass is 327 g/mol. The highest BCUT2D eigenvalue weighted by molar-refractivity contribution is 9.10. The molecular formula is C16H26BrNO. The lowest BCUT2D eigenvalue weighted by molar-refractivity contribution is 0.386. The highest BCUT2D eigenvalue weighted by atomic mass is 79.9. The Kier molecular flexibility index (Phi) is 7.47. The average Bonchev–Trinajstić information content (AvgIpc) is 2.38. The van der Waals surface area contributed by atoms with Crippen molar-refractivity contribution >= 4 is 15.9 Å². The Hall–Kier alpha value is -0.540. The quantitative estimate of drug-likeness (QED) is 0.730. The maximum Gasteiger partial charge on any atom is 0.123 e. The number of nitrogens with one attached hydrogen (secondary N) is 1. The lowest BCUT2D eigenvalue weighted by Crippen LogP contribution is -2.23. The minimum atomic E-state index is 0.370. The van der Waals surface area contributed by atoms with E-state index < -0.39 is 0 Å². The first kappa shape index (κ1) is 16.5. The molecule has 0 saturated heterocycles. The first-order valence-electron chi connectivity index (χ1n) is 7.15. The lowest BCUT2D eigenvalue weighted by atomic mass is 9.97. The maximum atomic E-state index is 5.51. The van der Waals surface area contributed by atoms with Crippen LogP contribution in [0.2, 0.25) is 0 Å². The Labute approximate surface area is 126 Å². The molecule has 1 aromatic carbocycles. The minimum Gasteiger partial charge on any atom is -0.496 e. The van der Waals surface area contributed by atoms with Crippen molar-refractivity contribution in [3.8, 4) is 5.75 Å². The average molecular weight is 328 g/mol. The summed E-state index contributed by atoms with van der Waals surface area (Å²) in [5, 5.41) is 3.64. The molecule has 1 aromatic rings. The molecule has 0 amide bonds. The summed E-state index contributed by atoms with van der Waals surface area (Å²) in [4.78, 5) is 0. The van der Waals surface area contributed by atoms with Gasteiger partial charge in [0.05, 0.1) is 7.11 Å². The van der Waals surface area contributed by atoms with E-state index in [9.17, 15) is 0 Å². The zero-order valence-electron chi connectivity index (χ0n) is 12.5. The molecule has 0 spiro atoms. The molecule has 1 rings (SSSR count). The number of hydrogen-bond donors (Lipinski definition) is 1. The van der Waals surface area contributed by atoms with Crippen LogP contribution in [0.5, 0.6) is 5.75 Å². The first-order valence-corrected chi connectivity index (χ1v) is 7.94. The molecule has 2 nitrogen and oxygen atoms in total. The van der Waals surface area contributed by atoms with Gasteiger partial charge in [-0.3, -0.25) is 0 Å². The molecule has 0 bridgehead atoms. The van der Waals surface area contributed by atoms with Crippen LogP contribution in [0.15, 0.2) is 22.7 Å². The second-order valence-electron chi connectivity index (χ2n) is 5.36. The third kappa shape index (κ3) is 5.53. The van der Waals surface area contributed by atoms with Gasteiger partial charge in [-0.05, 0) is 49.9 Å². The highest BCUT2D eigenvalue weighted by Crippen LogP contribution is 2.31. The predicted molar refractivity (Wildman–Crippen MR) is 85.8 cm³/mol. The van der Waals surface area contributed by atoms with Gasteiger partial charge < -0.3 is 10.1 Å². The summed E-state index contributed by atoms with van der Waals surface area (Å²) in [6.45, 7) is 7.78. The van der Waals surface area contributed by atoms with Gasteiger partial charge in [-0.25, -0.2) is 0 Å². The smallest absolute Gasteiger partial charge is 0.123 e. The van der Waals surface area contributed by atoms with Gasteiger partial charge in [-0.1, -0.05) is 36.7 Å². The summed E-state index contributed by atoms with van der Waals surface area (Å²) >= 11 is 3.56. The fourth-order valence-electron chi connectivity index (χ4n) is 2.16. The van der Waals surface area contributed by atoms with Crippen molar-refractivity contribution in [1.82, 2.24) is 5.32 Å². The van der Waals surface area contributed by atoms with Crippen LogP contribution in [0.1, 0.15) is 51.6 Å². The first-order chi connectivity index (χ1) is 9.08. The van der Waals surface area contributed by atoms with Crippen LogP contribution in [0, 0.1) is 5.92 Å². The van der Waals surface area contributed by atoms with Crippen LogP contribution in [0.4, 0.5) is 0 Å². The molecule has 1 atom stereocenters. The Morgan fingerprint density at radius 1 is 1.26 bits per heavy atom. The number of benzene rings is 1. The van der Waals surface area contributed by atoms with Crippen molar-refractivity contribution in [2.24, 2.45) is 5.92 Å². The molecule has 0 aliphatic heterocycles. The van der Waals surface area contributed by atoms with Crippen LogP contribution in [-0.2, 0) is 0 Å². The van der Waals surface area contributed by atoms with Crippen LogP contribution in [0.25, 0.3) is 0 Å². The van der Waals surface area contributed by atoms with E-state index in [1.165, 1.54) is 12.0 Å². The molecule has 0 aromatic heterocycles. The van der Waals surface area contributed by atoms with E-state index in [1.54, 1.807) is 7.11 Å². The van der Waals surface area contributed by atoms with E-state index in [0.29, 0.717) is 6.04 Å². The second-order valence-corrected chi connectivity index (χ2v) is 6.28. The van der Waals surface area contributed by atoms with Crippen molar-refractivity contribution in [2.45, 2.75) is 46.1 Å². The molecule has 1 unspecified atom stereocenters. The van der Waals surface area contributed by atoms with Gasteiger partial charge in [0, 0.05) is 16.1 Å². The zero-order chi connectivity index (χ0) is 14.3. The van der Waals surface area contributed by atoms with Gasteiger partial charge >= 0.3 is 0 Å². The fourth-order valence-corrected chi connectivity index (χ4v) is 2.54. The SMILES string of the molecule is CCCNC(CCC(C)C)c1cc(Br)ccc1OC. The van der Waals surface area contributed by atoms with Crippen molar-refractivity contribution in [1.29, 1.82) is 0 Å². The van der Waals surface area contributed by atoms with Gasteiger partial charge in [0.15, 0.2) is 0 Å². The second kappa shape index (κ2) is 8.60. The molecule has 1 N–H and O–H groups in total. The lowest BCUT2D eigenvalue weighted by Gasteiger charge is -2.22. The Bertz CT molecular complexity index is 379. The fraction of sp³-hybridized carbons (Fsp3) is 0.625. The third-order valence-electron chi connectivity index (χ3n) is 3.24. The van der Waals surface area contributed by atoms with Gasteiger partial charge in [-0.2, -0.15) is 0 Å². The van der Waals surface area contributed by atoms with Crippen LogP contribution in [0.3, 0.4) is 0 Å². The van der Waals surface area contributed by atoms with E-state index in [2.05, 4.69) is 48.1 Å². The topological polar surface area (TPSA) is 21.3 Å². The summed E-state index contributed by atoms with van der Waals surface area (Å²) in [6.07, 6.45) is 3.51. The zero-order valence-corrected chi connectivity index (χ0v) is 14.1. The van der Waals surface area contributed by atoms with Crippen molar-refractivity contribution in [3.63, 3.8) is 0 Å². The minimum absolute atomic E-state index is 0.370. The predicted octanol–water partition coefficient (Wildman–Crippen LogP) is 4.93. The summed E-state index contributed by atoms with van der Waals surface area (Å²) in [5.41, 5.74) is 1.26. The summed E-state index contributed by atoms with van der Waals surface area (Å²) in [6, 6.07) is 6.61. The van der Waals surface area contributed by atoms with E-state index in [0.717, 1.165) is 35.5 Å². The number of methoxy groups -OCH3 is 1. The normalized spacial score (nSPS) is 12.7. The number of ether oxygens (including phenoxy) is 1. The van der Waals surface area contributed by atoms with Gasteiger partial charge in [-0.15, -0.1) is 0 Å². The number of hydrogen-bond acceptors (Lipinski definition) is 2. The molecule has 0 aliphatic rings. The maximum absolute atomic E-state index is 5.51. The van der Waals surface area contributed by atoms with Gasteiger partial charge in [0.1, 0.15) is 5.75 Å². The number of rotatable bonds is 8. The van der Waals surface area contributed by atoms with Gasteiger partial charge in [0.2, 0.25) is 0 Å². The standard InChI is InChI=1S/C16H26BrNO/c1-5-10-18-15(8-6-12(2)3)14-11-13(17)7-9-16(14)19-4/h7,9,11-12,15,18H,5-6,8,10H2,1-4H3. The van der Waals surface area contributed by atoms with E-state index in [4.69, 9.17) is 4.74 Å². The largest absolute Gasteiger partial charge is 0.496 e. The molecule has 0 saturated carbocycles. The molecule has 0 radical (unpaired) electrons. The molecular weight excluding hydrogens is 302 g/mol. The molecule has 0 aliphatic carbocycles. The number of halogens is 1. The van der Waals surface area contributed by atoms with Crippen LogP contribution in [-0.4, -0.2) is 13.7 Å². The Balaban J connectivity index is 2.90. The Morgan fingerprint density at radius 3 is 2.58 bits per heavy atom. The van der Waals surface area contributed by atoms with E-state index in [1.807, 2.05) is 12.1 Å². The van der Waals surface area contributed by atoms with Gasteiger partial charge in [0.25, 0.3) is 0 Å².